The van der Waals surface area contributed by atoms with Crippen molar-refractivity contribution in [2.75, 3.05) is 0 Å². The monoisotopic (exact) mass is 466 g/mol. The van der Waals surface area contributed by atoms with Gasteiger partial charge < -0.3 is 4.57 Å². The molecule has 0 saturated heterocycles. The number of pyridine rings is 1. The fraction of sp³-hybridized carbons (Fsp3) is 0.542. The van der Waals surface area contributed by atoms with Gasteiger partial charge in [-0.2, -0.15) is 10.2 Å². The molecule has 2 fully saturated rings. The number of thioether (sulfide) groups is 1. The maximum Gasteiger partial charge on any atom is 0.234 e. The Balaban J connectivity index is 1.64. The van der Waals surface area contributed by atoms with Crippen molar-refractivity contribution in [2.45, 2.75) is 75.2 Å². The first kappa shape index (κ1) is 21.7. The van der Waals surface area contributed by atoms with E-state index in [-0.39, 0.29) is 5.82 Å². The predicted molar refractivity (Wildman–Crippen MR) is 128 cm³/mol. The van der Waals surface area contributed by atoms with Crippen LogP contribution in [0.2, 0.25) is 5.02 Å². The lowest BCUT2D eigenvalue weighted by Crippen LogP contribution is -2.18. The fourth-order valence-corrected chi connectivity index (χ4v) is 6.47. The summed E-state index contributed by atoms with van der Waals surface area (Å²) in [7, 11) is 0. The lowest BCUT2D eigenvalue weighted by Gasteiger charge is -2.27. The van der Waals surface area contributed by atoms with Crippen molar-refractivity contribution < 1.29 is 0 Å². The van der Waals surface area contributed by atoms with Gasteiger partial charge in [-0.25, -0.2) is 9.97 Å². The largest absolute Gasteiger partial charge is 0.315 e. The quantitative estimate of drug-likeness (QED) is 0.440. The summed E-state index contributed by atoms with van der Waals surface area (Å²) in [5.41, 5.74) is 2.97. The Kier molecular flexibility index (Phi) is 6.34. The SMILES string of the molecule is CC1CCC(Cn2c(SC3CCCC3)nc3nc(C#N)nc(-c4cncc(Cl)c4)c32)CC1. The van der Waals surface area contributed by atoms with Crippen molar-refractivity contribution in [3.05, 3.63) is 29.3 Å². The summed E-state index contributed by atoms with van der Waals surface area (Å²) in [5, 5.41) is 11.7. The molecule has 0 aromatic carbocycles. The molecule has 0 aliphatic heterocycles. The van der Waals surface area contributed by atoms with Crippen LogP contribution in [0.3, 0.4) is 0 Å². The van der Waals surface area contributed by atoms with Crippen LogP contribution < -0.4 is 0 Å². The Morgan fingerprint density at radius 2 is 1.88 bits per heavy atom. The molecular formula is C24H27ClN6S. The van der Waals surface area contributed by atoms with Crippen molar-refractivity contribution in [1.29, 1.82) is 5.26 Å². The molecule has 8 heteroatoms. The molecular weight excluding hydrogens is 440 g/mol. The summed E-state index contributed by atoms with van der Waals surface area (Å²) < 4.78 is 2.33. The van der Waals surface area contributed by atoms with E-state index in [1.54, 1.807) is 12.4 Å². The number of hydrogen-bond donors (Lipinski definition) is 0. The highest BCUT2D eigenvalue weighted by atomic mass is 35.5. The molecule has 166 valence electrons. The summed E-state index contributed by atoms with van der Waals surface area (Å²) in [6.07, 6.45) is 13.4. The van der Waals surface area contributed by atoms with Gasteiger partial charge >= 0.3 is 0 Å². The van der Waals surface area contributed by atoms with Gasteiger partial charge in [0.05, 0.1) is 5.02 Å². The van der Waals surface area contributed by atoms with Crippen molar-refractivity contribution in [3.8, 4) is 17.3 Å². The van der Waals surface area contributed by atoms with Gasteiger partial charge in [0.15, 0.2) is 10.8 Å². The molecule has 0 N–H and O–H groups in total. The molecule has 5 rings (SSSR count). The van der Waals surface area contributed by atoms with Gasteiger partial charge in [-0.1, -0.05) is 56.0 Å². The summed E-state index contributed by atoms with van der Waals surface area (Å²) in [5.74, 6) is 1.56. The van der Waals surface area contributed by atoms with Gasteiger partial charge in [-0.05, 0) is 43.6 Å². The number of imidazole rings is 1. The number of nitrogens with zero attached hydrogens (tertiary/aromatic N) is 6. The minimum atomic E-state index is 0.126. The molecule has 3 heterocycles. The summed E-state index contributed by atoms with van der Waals surface area (Å²) in [4.78, 5) is 18.3. The molecule has 2 aliphatic rings. The molecule has 2 aliphatic carbocycles. The Labute approximate surface area is 197 Å². The molecule has 0 radical (unpaired) electrons. The van der Waals surface area contributed by atoms with Crippen LogP contribution in [0.25, 0.3) is 22.4 Å². The van der Waals surface area contributed by atoms with Gasteiger partial charge in [-0.15, -0.1) is 0 Å². The normalized spacial score (nSPS) is 21.8. The third-order valence-corrected chi connectivity index (χ3v) is 8.33. The van der Waals surface area contributed by atoms with Crippen LogP contribution in [0.1, 0.15) is 64.1 Å². The predicted octanol–water partition coefficient (Wildman–Crippen LogP) is 6.27. The third-order valence-electron chi connectivity index (χ3n) is 6.80. The second-order valence-electron chi connectivity index (χ2n) is 9.23. The molecule has 6 nitrogen and oxygen atoms in total. The molecule has 0 atom stereocenters. The number of nitriles is 1. The minimum Gasteiger partial charge on any atom is -0.315 e. The Morgan fingerprint density at radius 3 is 2.59 bits per heavy atom. The van der Waals surface area contributed by atoms with E-state index in [4.69, 9.17) is 16.6 Å². The highest BCUT2D eigenvalue weighted by Crippen LogP contribution is 2.39. The Hall–Kier alpha value is -2.17. The van der Waals surface area contributed by atoms with Crippen LogP contribution in [-0.2, 0) is 6.54 Å². The maximum absolute atomic E-state index is 9.56. The number of rotatable bonds is 5. The maximum atomic E-state index is 9.56. The molecule has 0 spiro atoms. The van der Waals surface area contributed by atoms with Gasteiger partial charge in [0.1, 0.15) is 17.3 Å². The first-order chi connectivity index (χ1) is 15.6. The third kappa shape index (κ3) is 4.49. The zero-order valence-corrected chi connectivity index (χ0v) is 19.9. The summed E-state index contributed by atoms with van der Waals surface area (Å²) in [6.45, 7) is 3.26. The van der Waals surface area contributed by atoms with Crippen LogP contribution in [0.4, 0.5) is 0 Å². The van der Waals surface area contributed by atoms with Crippen molar-refractivity contribution >= 4 is 34.5 Å². The standard InChI is InChI=1S/C24H27ClN6S/c1-15-6-8-16(9-7-15)14-31-22-21(17-10-18(25)13-27-12-17)28-20(11-26)29-23(22)30-24(31)32-19-4-2-3-5-19/h10,12-13,15-16,19H,2-9,14H2,1H3. The van der Waals surface area contributed by atoms with Gasteiger partial charge in [0.2, 0.25) is 5.82 Å². The summed E-state index contributed by atoms with van der Waals surface area (Å²) in [6, 6.07) is 3.95. The molecule has 3 aromatic rings. The second kappa shape index (κ2) is 9.36. The Morgan fingerprint density at radius 1 is 1.09 bits per heavy atom. The fourth-order valence-electron chi connectivity index (χ4n) is 4.99. The van der Waals surface area contributed by atoms with E-state index in [2.05, 4.69) is 32.5 Å². The van der Waals surface area contributed by atoms with Crippen LogP contribution in [-0.4, -0.2) is 29.8 Å². The van der Waals surface area contributed by atoms with Crippen molar-refractivity contribution in [2.24, 2.45) is 11.8 Å². The smallest absolute Gasteiger partial charge is 0.234 e. The number of fused-ring (bicyclic) bond motifs is 1. The average molecular weight is 467 g/mol. The van der Waals surface area contributed by atoms with Gasteiger partial charge in [0, 0.05) is 29.8 Å². The highest BCUT2D eigenvalue weighted by molar-refractivity contribution is 7.99. The van der Waals surface area contributed by atoms with E-state index in [1.165, 1.54) is 51.4 Å². The van der Waals surface area contributed by atoms with Crippen molar-refractivity contribution in [3.63, 3.8) is 0 Å². The number of hydrogen-bond acceptors (Lipinski definition) is 6. The lowest BCUT2D eigenvalue weighted by molar-refractivity contribution is 0.262. The van der Waals surface area contributed by atoms with E-state index in [9.17, 15) is 5.26 Å². The highest BCUT2D eigenvalue weighted by Gasteiger charge is 2.27. The van der Waals surface area contributed by atoms with E-state index < -0.39 is 0 Å². The molecule has 0 unspecified atom stereocenters. The minimum absolute atomic E-state index is 0.126. The van der Waals surface area contributed by atoms with E-state index in [0.29, 0.717) is 27.5 Å². The number of aromatic nitrogens is 5. The van der Waals surface area contributed by atoms with Crippen LogP contribution in [0, 0.1) is 23.2 Å². The Bertz CT molecular complexity index is 1160. The topological polar surface area (TPSA) is 80.3 Å². The van der Waals surface area contributed by atoms with Gasteiger partial charge in [0.25, 0.3) is 0 Å². The van der Waals surface area contributed by atoms with Crippen molar-refractivity contribution in [1.82, 2.24) is 24.5 Å². The second-order valence-corrected chi connectivity index (χ2v) is 10.9. The van der Waals surface area contributed by atoms with Crippen LogP contribution in [0.15, 0.2) is 23.6 Å². The zero-order chi connectivity index (χ0) is 22.1. The number of halogens is 1. The lowest BCUT2D eigenvalue weighted by atomic mass is 9.83. The molecule has 2 saturated carbocycles. The van der Waals surface area contributed by atoms with E-state index >= 15 is 0 Å². The molecule has 0 amide bonds. The molecule has 3 aromatic heterocycles. The zero-order valence-electron chi connectivity index (χ0n) is 18.3. The molecule has 32 heavy (non-hydrogen) atoms. The van der Waals surface area contributed by atoms with Gasteiger partial charge in [-0.3, -0.25) is 4.98 Å². The van der Waals surface area contributed by atoms with Crippen LogP contribution in [0.5, 0.6) is 0 Å². The van der Waals surface area contributed by atoms with E-state index in [0.717, 1.165) is 28.7 Å². The first-order valence-corrected chi connectivity index (χ1v) is 12.8. The van der Waals surface area contributed by atoms with E-state index in [1.807, 2.05) is 17.8 Å². The summed E-state index contributed by atoms with van der Waals surface area (Å²) >= 11 is 8.12. The average Bonchev–Trinajstić information content (AvgIpc) is 3.43. The molecule has 0 bridgehead atoms. The first-order valence-electron chi connectivity index (χ1n) is 11.6. The van der Waals surface area contributed by atoms with Crippen LogP contribution >= 0.6 is 23.4 Å².